The molecule has 2 aromatic rings. The number of phenolic OH excluding ortho intramolecular Hbond substituents is 1. The Kier molecular flexibility index (Phi) is 4.94. The molecule has 122 valence electrons. The normalized spacial score (nSPS) is 17.0. The van der Waals surface area contributed by atoms with Gasteiger partial charge in [0, 0.05) is 19.6 Å². The quantitative estimate of drug-likeness (QED) is 0.742. The van der Waals surface area contributed by atoms with Gasteiger partial charge in [-0.3, -0.25) is 4.99 Å². The number of benzene rings is 2. The molecule has 1 aliphatic heterocycles. The van der Waals surface area contributed by atoms with Gasteiger partial charge in [0.2, 0.25) is 0 Å². The van der Waals surface area contributed by atoms with Gasteiger partial charge < -0.3 is 15.3 Å². The first-order chi connectivity index (χ1) is 10.8. The van der Waals surface area contributed by atoms with Gasteiger partial charge in [0.05, 0.1) is 6.54 Å². The highest BCUT2D eigenvalue weighted by Gasteiger charge is 2.27. The summed E-state index contributed by atoms with van der Waals surface area (Å²) in [5.41, 5.74) is 1.24. The molecule has 5 heteroatoms. The average molecular weight is 423 g/mol. The lowest BCUT2D eigenvalue weighted by Gasteiger charge is -2.21. The second-order valence-corrected chi connectivity index (χ2v) is 6.31. The number of nitrogens with zero attached hydrogens (tertiary/aromatic N) is 2. The Bertz CT molecular complexity index is 727. The van der Waals surface area contributed by atoms with Crippen LogP contribution < -0.4 is 5.32 Å². The fourth-order valence-electron chi connectivity index (χ4n) is 3.01. The molecule has 1 aliphatic carbocycles. The third-order valence-electron chi connectivity index (χ3n) is 4.45. The molecule has 0 bridgehead atoms. The number of guanidine groups is 1. The van der Waals surface area contributed by atoms with E-state index in [9.17, 15) is 5.11 Å². The Morgan fingerprint density at radius 1 is 1.13 bits per heavy atom. The summed E-state index contributed by atoms with van der Waals surface area (Å²) >= 11 is 0. The highest BCUT2D eigenvalue weighted by Crippen LogP contribution is 2.30. The number of halogens is 1. The van der Waals surface area contributed by atoms with Crippen LogP contribution in [0.1, 0.15) is 18.4 Å². The Morgan fingerprint density at radius 3 is 2.74 bits per heavy atom. The van der Waals surface area contributed by atoms with E-state index in [0.717, 1.165) is 48.8 Å². The molecule has 4 rings (SSSR count). The minimum absolute atomic E-state index is 0. The molecule has 0 saturated heterocycles. The maximum absolute atomic E-state index is 9.52. The maximum atomic E-state index is 9.52. The number of aromatic hydroxyl groups is 1. The lowest BCUT2D eigenvalue weighted by Crippen LogP contribution is -2.39. The first-order valence-electron chi connectivity index (χ1n) is 8.03. The lowest BCUT2D eigenvalue weighted by molar-refractivity contribution is 0.421. The van der Waals surface area contributed by atoms with E-state index in [0.29, 0.717) is 5.75 Å². The van der Waals surface area contributed by atoms with E-state index in [2.05, 4.69) is 33.4 Å². The predicted molar refractivity (Wildman–Crippen MR) is 104 cm³/mol. The monoisotopic (exact) mass is 423 g/mol. The zero-order chi connectivity index (χ0) is 14.9. The number of fused-ring (bicyclic) bond motifs is 1. The van der Waals surface area contributed by atoms with Crippen molar-refractivity contribution in [1.82, 2.24) is 10.2 Å². The minimum Gasteiger partial charge on any atom is -0.508 e. The molecule has 1 fully saturated rings. The van der Waals surface area contributed by atoms with Crippen molar-refractivity contribution in [3.8, 4) is 5.75 Å². The number of hydrogen-bond acceptors (Lipinski definition) is 4. The number of rotatable bonds is 4. The highest BCUT2D eigenvalue weighted by molar-refractivity contribution is 14.0. The zero-order valence-corrected chi connectivity index (χ0v) is 15.4. The molecule has 2 N–H and O–H groups in total. The van der Waals surface area contributed by atoms with Gasteiger partial charge in [-0.05, 0) is 53.3 Å². The smallest absolute Gasteiger partial charge is 0.194 e. The molecule has 1 saturated carbocycles. The summed E-state index contributed by atoms with van der Waals surface area (Å²) < 4.78 is 0. The maximum Gasteiger partial charge on any atom is 0.194 e. The summed E-state index contributed by atoms with van der Waals surface area (Å²) in [6.45, 7) is 3.90. The van der Waals surface area contributed by atoms with Crippen molar-refractivity contribution in [3.05, 3.63) is 42.0 Å². The first-order valence-corrected chi connectivity index (χ1v) is 8.03. The van der Waals surface area contributed by atoms with Crippen LogP contribution in [0.15, 0.2) is 41.4 Å². The van der Waals surface area contributed by atoms with Crippen molar-refractivity contribution < 1.29 is 5.11 Å². The van der Waals surface area contributed by atoms with Crippen LogP contribution in [-0.4, -0.2) is 35.6 Å². The van der Waals surface area contributed by atoms with Gasteiger partial charge in [0.25, 0.3) is 0 Å². The first kappa shape index (κ1) is 16.4. The van der Waals surface area contributed by atoms with Crippen LogP contribution in [-0.2, 0) is 6.54 Å². The molecule has 0 atom stereocenters. The molecule has 0 spiro atoms. The molecular formula is C18H22IN3O. The molecule has 0 radical (unpaired) electrons. The van der Waals surface area contributed by atoms with E-state index in [4.69, 9.17) is 0 Å². The molecule has 0 amide bonds. The van der Waals surface area contributed by atoms with Crippen LogP contribution in [0.5, 0.6) is 5.75 Å². The second-order valence-electron chi connectivity index (χ2n) is 6.31. The average Bonchev–Trinajstić information content (AvgIpc) is 3.23. The number of nitrogens with one attached hydrogen (secondary N) is 1. The molecule has 2 aliphatic rings. The number of aliphatic imine (C=N–C) groups is 1. The van der Waals surface area contributed by atoms with E-state index in [1.807, 2.05) is 6.07 Å². The third-order valence-corrected chi connectivity index (χ3v) is 4.45. The largest absolute Gasteiger partial charge is 0.508 e. The fraction of sp³-hybridized carbons (Fsp3) is 0.389. The second kappa shape index (κ2) is 6.95. The molecule has 1 heterocycles. The summed E-state index contributed by atoms with van der Waals surface area (Å²) in [5, 5.41) is 15.2. The SMILES string of the molecule is I.Oc1ccc2cc(CNC3=NCCN3CC3CC3)ccc2c1. The van der Waals surface area contributed by atoms with E-state index in [1.54, 1.807) is 12.1 Å². The molecule has 4 nitrogen and oxygen atoms in total. The predicted octanol–water partition coefficient (Wildman–Crippen LogP) is 3.33. The summed E-state index contributed by atoms with van der Waals surface area (Å²) in [5.74, 6) is 2.26. The van der Waals surface area contributed by atoms with Gasteiger partial charge in [0.1, 0.15) is 5.75 Å². The standard InChI is InChI=1S/C18H21N3O.HI/c22-17-6-5-15-9-14(3-4-16(15)10-17)11-20-18-19-7-8-21(18)12-13-1-2-13;/h3-6,9-10,13,22H,1-2,7-8,11-12H2,(H,19,20);1H. The lowest BCUT2D eigenvalue weighted by atomic mass is 10.1. The zero-order valence-electron chi connectivity index (χ0n) is 13.0. The van der Waals surface area contributed by atoms with Crippen LogP contribution in [0.4, 0.5) is 0 Å². The fourth-order valence-corrected chi connectivity index (χ4v) is 3.01. The van der Waals surface area contributed by atoms with Gasteiger partial charge >= 0.3 is 0 Å². The van der Waals surface area contributed by atoms with Crippen molar-refractivity contribution in [2.45, 2.75) is 19.4 Å². The van der Waals surface area contributed by atoms with E-state index >= 15 is 0 Å². The molecule has 23 heavy (non-hydrogen) atoms. The van der Waals surface area contributed by atoms with Crippen molar-refractivity contribution in [2.24, 2.45) is 10.9 Å². The van der Waals surface area contributed by atoms with Crippen LogP contribution in [0, 0.1) is 5.92 Å². The number of hydrogen-bond donors (Lipinski definition) is 2. The van der Waals surface area contributed by atoms with Gasteiger partial charge in [-0.15, -0.1) is 24.0 Å². The van der Waals surface area contributed by atoms with E-state index < -0.39 is 0 Å². The van der Waals surface area contributed by atoms with Crippen molar-refractivity contribution in [1.29, 1.82) is 0 Å². The van der Waals surface area contributed by atoms with Crippen LogP contribution in [0.25, 0.3) is 10.8 Å². The van der Waals surface area contributed by atoms with E-state index in [1.165, 1.54) is 18.4 Å². The van der Waals surface area contributed by atoms with Gasteiger partial charge in [-0.2, -0.15) is 0 Å². The van der Waals surface area contributed by atoms with Gasteiger partial charge in [0.15, 0.2) is 5.96 Å². The summed E-state index contributed by atoms with van der Waals surface area (Å²) in [4.78, 5) is 6.97. The van der Waals surface area contributed by atoms with Crippen molar-refractivity contribution >= 4 is 40.7 Å². The topological polar surface area (TPSA) is 47.9 Å². The van der Waals surface area contributed by atoms with Gasteiger partial charge in [-0.25, -0.2) is 0 Å². The molecular weight excluding hydrogens is 401 g/mol. The minimum atomic E-state index is 0. The third kappa shape index (κ3) is 3.88. The van der Waals surface area contributed by atoms with Crippen molar-refractivity contribution in [2.75, 3.05) is 19.6 Å². The molecule has 0 unspecified atom stereocenters. The summed E-state index contributed by atoms with van der Waals surface area (Å²) in [7, 11) is 0. The summed E-state index contributed by atoms with van der Waals surface area (Å²) in [6, 6.07) is 11.8. The van der Waals surface area contributed by atoms with Crippen LogP contribution >= 0.6 is 24.0 Å². The van der Waals surface area contributed by atoms with Crippen molar-refractivity contribution in [3.63, 3.8) is 0 Å². The molecule has 0 aromatic heterocycles. The summed E-state index contributed by atoms with van der Waals surface area (Å²) in [6.07, 6.45) is 2.75. The molecule has 2 aromatic carbocycles. The van der Waals surface area contributed by atoms with E-state index in [-0.39, 0.29) is 24.0 Å². The Morgan fingerprint density at radius 2 is 1.91 bits per heavy atom. The van der Waals surface area contributed by atoms with Crippen LogP contribution in [0.3, 0.4) is 0 Å². The van der Waals surface area contributed by atoms with Gasteiger partial charge in [-0.1, -0.05) is 18.2 Å². The Balaban J connectivity index is 0.00000156. The number of phenols is 1. The van der Waals surface area contributed by atoms with Crippen LogP contribution in [0.2, 0.25) is 0 Å². The Labute approximate surface area is 153 Å². The highest BCUT2D eigenvalue weighted by atomic mass is 127. The Hall–Kier alpha value is -1.50.